The van der Waals surface area contributed by atoms with Crippen LogP contribution in [0.25, 0.3) is 0 Å². The number of benzene rings is 1. The molecule has 1 aromatic carbocycles. The van der Waals surface area contributed by atoms with Crippen LogP contribution in [0, 0.1) is 5.82 Å². The average Bonchev–Trinajstić information content (AvgIpc) is 3.07. The molecular weight excluding hydrogens is 389 g/mol. The van der Waals surface area contributed by atoms with E-state index in [0.717, 1.165) is 5.75 Å². The lowest BCUT2D eigenvalue weighted by Crippen LogP contribution is -2.29. The molecule has 3 N–H and O–H groups in total. The smallest absolute Gasteiger partial charge is 0.269 e. The minimum absolute atomic E-state index is 0.323. The SMILES string of the molecule is CC1(c2cc(NC(=O)c3scc4c3OCCO4)ccc2F)CCSC(N)=N1. The molecule has 6 nitrogen and oxygen atoms in total. The van der Waals surface area contributed by atoms with E-state index in [1.54, 1.807) is 11.4 Å². The van der Waals surface area contributed by atoms with Crippen LogP contribution in [-0.2, 0) is 5.54 Å². The number of halogens is 1. The molecule has 9 heteroatoms. The summed E-state index contributed by atoms with van der Waals surface area (Å²) in [6, 6.07) is 4.49. The first-order valence-electron chi connectivity index (χ1n) is 8.43. The Labute approximate surface area is 163 Å². The van der Waals surface area contributed by atoms with Gasteiger partial charge >= 0.3 is 0 Å². The number of carbonyl (C=O) groups excluding carboxylic acids is 1. The molecule has 1 atom stereocenters. The molecule has 0 spiro atoms. The Kier molecular flexibility index (Phi) is 4.73. The summed E-state index contributed by atoms with van der Waals surface area (Å²) in [7, 11) is 0. The van der Waals surface area contributed by atoms with Gasteiger partial charge in [-0.25, -0.2) is 4.39 Å². The van der Waals surface area contributed by atoms with Crippen LogP contribution >= 0.6 is 23.1 Å². The van der Waals surface area contributed by atoms with Crippen LogP contribution < -0.4 is 20.5 Å². The van der Waals surface area contributed by atoms with E-state index in [2.05, 4.69) is 10.3 Å². The van der Waals surface area contributed by atoms with Crippen molar-refractivity contribution in [3.05, 3.63) is 39.8 Å². The zero-order chi connectivity index (χ0) is 19.0. The van der Waals surface area contributed by atoms with Gasteiger partial charge in [0.1, 0.15) is 23.9 Å². The first kappa shape index (κ1) is 18.1. The van der Waals surface area contributed by atoms with Crippen molar-refractivity contribution >= 4 is 39.9 Å². The second-order valence-corrected chi connectivity index (χ2v) is 8.42. The fourth-order valence-corrected chi connectivity index (χ4v) is 4.90. The Bertz CT molecular complexity index is 931. The van der Waals surface area contributed by atoms with E-state index >= 15 is 0 Å². The number of nitrogens with zero attached hydrogens (tertiary/aromatic N) is 1. The van der Waals surface area contributed by atoms with Gasteiger partial charge in [-0.2, -0.15) is 0 Å². The van der Waals surface area contributed by atoms with Crippen LogP contribution in [0.5, 0.6) is 11.5 Å². The van der Waals surface area contributed by atoms with E-state index in [9.17, 15) is 9.18 Å². The molecule has 0 fully saturated rings. The Morgan fingerprint density at radius 2 is 2.19 bits per heavy atom. The van der Waals surface area contributed by atoms with Crippen molar-refractivity contribution in [3.63, 3.8) is 0 Å². The number of thiophene rings is 1. The molecule has 3 heterocycles. The van der Waals surface area contributed by atoms with Crippen LogP contribution in [0.4, 0.5) is 10.1 Å². The highest BCUT2D eigenvalue weighted by molar-refractivity contribution is 8.13. The molecule has 27 heavy (non-hydrogen) atoms. The number of anilines is 1. The predicted octanol–water partition coefficient (Wildman–Crippen LogP) is 3.58. The van der Waals surface area contributed by atoms with Gasteiger partial charge in [0.05, 0.1) is 5.54 Å². The fraction of sp³-hybridized carbons (Fsp3) is 0.333. The van der Waals surface area contributed by atoms with Gasteiger partial charge in [-0.15, -0.1) is 11.3 Å². The number of fused-ring (bicyclic) bond motifs is 1. The summed E-state index contributed by atoms with van der Waals surface area (Å²) < 4.78 is 25.5. The molecule has 4 rings (SSSR count). The molecule has 2 aliphatic rings. The molecule has 0 saturated heterocycles. The van der Waals surface area contributed by atoms with Crippen LogP contribution in [0.2, 0.25) is 0 Å². The molecule has 0 aliphatic carbocycles. The number of nitrogens with one attached hydrogen (secondary N) is 1. The van der Waals surface area contributed by atoms with Crippen molar-refractivity contribution in [2.75, 3.05) is 24.3 Å². The van der Waals surface area contributed by atoms with Gasteiger partial charge in [0.15, 0.2) is 16.7 Å². The van der Waals surface area contributed by atoms with E-state index in [1.807, 2.05) is 6.92 Å². The summed E-state index contributed by atoms with van der Waals surface area (Å²) in [4.78, 5) is 17.5. The number of amides is 1. The zero-order valence-corrected chi connectivity index (χ0v) is 16.2. The topological polar surface area (TPSA) is 85.9 Å². The second-order valence-electron chi connectivity index (χ2n) is 6.43. The Morgan fingerprint density at radius 3 is 3.00 bits per heavy atom. The van der Waals surface area contributed by atoms with Gasteiger partial charge < -0.3 is 20.5 Å². The lowest BCUT2D eigenvalue weighted by atomic mass is 9.89. The first-order chi connectivity index (χ1) is 13.0. The molecule has 2 aliphatic heterocycles. The van der Waals surface area contributed by atoms with Crippen molar-refractivity contribution in [2.45, 2.75) is 18.9 Å². The summed E-state index contributed by atoms with van der Waals surface area (Å²) in [5.74, 6) is 1.11. The number of amidine groups is 1. The normalized spacial score (nSPS) is 21.5. The van der Waals surface area contributed by atoms with Gasteiger partial charge in [-0.1, -0.05) is 11.8 Å². The van der Waals surface area contributed by atoms with E-state index in [4.69, 9.17) is 15.2 Å². The predicted molar refractivity (Wildman–Crippen MR) is 106 cm³/mol. The highest BCUT2D eigenvalue weighted by Gasteiger charge is 2.32. The Balaban J connectivity index is 1.61. The standard InChI is InChI=1S/C18H18FN3O3S2/c1-18(4-7-26-17(20)22-18)11-8-10(2-3-12(11)19)21-16(23)15-14-13(9-27-15)24-5-6-25-14/h2-3,8-9H,4-7H2,1H3,(H2,20,22)(H,21,23). The fourth-order valence-electron chi connectivity index (χ4n) is 3.10. The largest absolute Gasteiger partial charge is 0.485 e. The minimum atomic E-state index is -0.751. The summed E-state index contributed by atoms with van der Waals surface area (Å²) >= 11 is 2.71. The van der Waals surface area contributed by atoms with Crippen molar-refractivity contribution in [3.8, 4) is 11.5 Å². The number of aliphatic imine (C=N–C) groups is 1. The lowest BCUT2D eigenvalue weighted by molar-refractivity contribution is 0.102. The molecule has 0 saturated carbocycles. The maximum absolute atomic E-state index is 14.5. The molecule has 1 aromatic heterocycles. The third-order valence-electron chi connectivity index (χ3n) is 4.51. The number of rotatable bonds is 3. The average molecular weight is 407 g/mol. The summed E-state index contributed by atoms with van der Waals surface area (Å²) in [5.41, 5.74) is 5.99. The van der Waals surface area contributed by atoms with Gasteiger partial charge in [0.25, 0.3) is 5.91 Å². The zero-order valence-electron chi connectivity index (χ0n) is 14.6. The van der Waals surface area contributed by atoms with Crippen molar-refractivity contribution < 1.29 is 18.7 Å². The molecular formula is C18H18FN3O3S2. The maximum Gasteiger partial charge on any atom is 0.269 e. The van der Waals surface area contributed by atoms with Crippen molar-refractivity contribution in [1.82, 2.24) is 0 Å². The molecule has 1 unspecified atom stereocenters. The number of hydrogen-bond donors (Lipinski definition) is 2. The number of thioether (sulfide) groups is 1. The van der Waals surface area contributed by atoms with Crippen LogP contribution in [-0.4, -0.2) is 30.0 Å². The summed E-state index contributed by atoms with van der Waals surface area (Å²) in [6.45, 7) is 2.72. The molecule has 142 valence electrons. The minimum Gasteiger partial charge on any atom is -0.485 e. The summed E-state index contributed by atoms with van der Waals surface area (Å²) in [5, 5.41) is 5.01. The van der Waals surface area contributed by atoms with E-state index < -0.39 is 5.54 Å². The quantitative estimate of drug-likeness (QED) is 0.812. The van der Waals surface area contributed by atoms with Crippen LogP contribution in [0.15, 0.2) is 28.6 Å². The number of carbonyl (C=O) groups is 1. The number of hydrogen-bond acceptors (Lipinski definition) is 7. The van der Waals surface area contributed by atoms with Gasteiger partial charge in [-0.3, -0.25) is 9.79 Å². The molecule has 0 bridgehead atoms. The van der Waals surface area contributed by atoms with E-state index in [1.165, 1.54) is 35.2 Å². The Hall–Kier alpha value is -2.26. The number of nitrogens with two attached hydrogens (primary N) is 1. The van der Waals surface area contributed by atoms with E-state index in [-0.39, 0.29) is 11.7 Å². The second kappa shape index (κ2) is 7.05. The Morgan fingerprint density at radius 1 is 1.37 bits per heavy atom. The molecule has 2 aromatic rings. The number of ether oxygens (including phenoxy) is 2. The van der Waals surface area contributed by atoms with Crippen LogP contribution in [0.1, 0.15) is 28.6 Å². The van der Waals surface area contributed by atoms with Crippen molar-refractivity contribution in [2.24, 2.45) is 10.7 Å². The van der Waals surface area contributed by atoms with Gasteiger partial charge in [-0.05, 0) is 31.5 Å². The third-order valence-corrected chi connectivity index (χ3v) is 6.24. The van der Waals surface area contributed by atoms with Gasteiger partial charge in [0.2, 0.25) is 0 Å². The lowest BCUT2D eigenvalue weighted by Gasteiger charge is -2.30. The maximum atomic E-state index is 14.5. The van der Waals surface area contributed by atoms with E-state index in [0.29, 0.717) is 52.4 Å². The highest BCUT2D eigenvalue weighted by Crippen LogP contribution is 2.40. The van der Waals surface area contributed by atoms with Crippen molar-refractivity contribution in [1.29, 1.82) is 0 Å². The van der Waals surface area contributed by atoms with Gasteiger partial charge in [0, 0.05) is 22.4 Å². The molecule has 1 amide bonds. The first-order valence-corrected chi connectivity index (χ1v) is 10.3. The monoisotopic (exact) mass is 407 g/mol. The van der Waals surface area contributed by atoms with Crippen LogP contribution in [0.3, 0.4) is 0 Å². The molecule has 0 radical (unpaired) electrons. The highest BCUT2D eigenvalue weighted by atomic mass is 32.2. The third kappa shape index (κ3) is 3.49. The summed E-state index contributed by atoms with van der Waals surface area (Å²) in [6.07, 6.45) is 0.663.